The number of rotatable bonds is 6. The lowest BCUT2D eigenvalue weighted by Crippen LogP contribution is -2.57. The molecule has 0 saturated heterocycles. The van der Waals surface area contributed by atoms with E-state index in [1.54, 1.807) is 16.8 Å². The number of amides is 1. The topological polar surface area (TPSA) is 56.6 Å². The highest BCUT2D eigenvalue weighted by Gasteiger charge is 2.63. The van der Waals surface area contributed by atoms with Crippen molar-refractivity contribution in [2.45, 2.75) is 31.5 Å². The van der Waals surface area contributed by atoms with Crippen LogP contribution in [-0.4, -0.2) is 40.4 Å². The third-order valence-corrected chi connectivity index (χ3v) is 5.48. The molecular formula is C23H22F3N3O3. The molecule has 0 saturated carbocycles. The van der Waals surface area contributed by atoms with Crippen LogP contribution in [0.1, 0.15) is 16.8 Å². The number of methoxy groups -OCH3 is 1. The van der Waals surface area contributed by atoms with E-state index in [0.717, 1.165) is 17.6 Å². The van der Waals surface area contributed by atoms with E-state index in [1.165, 1.54) is 24.3 Å². The Balaban J connectivity index is 1.55. The molecule has 0 aliphatic carbocycles. The molecule has 1 aromatic heterocycles. The predicted octanol–water partition coefficient (Wildman–Crippen LogP) is 3.91. The number of hydrogen-bond donors (Lipinski definition) is 0. The Morgan fingerprint density at radius 2 is 1.69 bits per heavy atom. The molecule has 0 radical (unpaired) electrons. The molecule has 9 heteroatoms. The molecule has 1 aliphatic heterocycles. The van der Waals surface area contributed by atoms with Gasteiger partial charge in [0.05, 0.1) is 18.8 Å². The van der Waals surface area contributed by atoms with Gasteiger partial charge in [0, 0.05) is 25.3 Å². The van der Waals surface area contributed by atoms with E-state index in [0.29, 0.717) is 18.2 Å². The second-order valence-electron chi connectivity index (χ2n) is 7.45. The zero-order valence-corrected chi connectivity index (χ0v) is 17.4. The summed E-state index contributed by atoms with van der Waals surface area (Å²) >= 11 is 0. The van der Waals surface area contributed by atoms with Gasteiger partial charge in [0.25, 0.3) is 11.5 Å². The van der Waals surface area contributed by atoms with Crippen LogP contribution >= 0.6 is 0 Å². The molecule has 4 rings (SSSR count). The molecule has 1 aliphatic rings. The highest BCUT2D eigenvalue weighted by Crippen LogP contribution is 2.43. The SMILES string of the molecule is CO[C@](C(=O)N1CCn2nc(OCc3ccccc3)cc2C1)(c1ccccc1)C(F)(F)F. The highest BCUT2D eigenvalue weighted by atomic mass is 19.4. The van der Waals surface area contributed by atoms with Crippen molar-refractivity contribution in [1.82, 2.24) is 14.7 Å². The number of hydrogen-bond acceptors (Lipinski definition) is 4. The minimum atomic E-state index is -4.94. The van der Waals surface area contributed by atoms with Crippen molar-refractivity contribution in [3.63, 3.8) is 0 Å². The van der Waals surface area contributed by atoms with Crippen molar-refractivity contribution in [1.29, 1.82) is 0 Å². The lowest BCUT2D eigenvalue weighted by atomic mass is 9.90. The van der Waals surface area contributed by atoms with Crippen molar-refractivity contribution in [2.75, 3.05) is 13.7 Å². The number of alkyl halides is 3. The number of carbonyl (C=O) groups excluding carboxylic acids is 1. The third kappa shape index (κ3) is 3.95. The number of halogens is 3. The number of carbonyl (C=O) groups is 1. The number of ether oxygens (including phenoxy) is 2. The van der Waals surface area contributed by atoms with Gasteiger partial charge >= 0.3 is 6.18 Å². The van der Waals surface area contributed by atoms with E-state index in [2.05, 4.69) is 5.10 Å². The summed E-state index contributed by atoms with van der Waals surface area (Å²) in [5.41, 5.74) is -1.78. The number of benzene rings is 2. The van der Waals surface area contributed by atoms with Crippen LogP contribution in [0.25, 0.3) is 0 Å². The first kappa shape index (κ1) is 21.9. The average molecular weight is 445 g/mol. The van der Waals surface area contributed by atoms with E-state index < -0.39 is 17.7 Å². The lowest BCUT2D eigenvalue weighted by molar-refractivity contribution is -0.271. The largest absolute Gasteiger partial charge is 0.472 e. The minimum absolute atomic E-state index is 0.0332. The Morgan fingerprint density at radius 1 is 1.03 bits per heavy atom. The highest BCUT2D eigenvalue weighted by molar-refractivity contribution is 5.88. The molecule has 0 spiro atoms. The summed E-state index contributed by atoms with van der Waals surface area (Å²) < 4.78 is 54.9. The molecule has 0 unspecified atom stereocenters. The first-order chi connectivity index (χ1) is 15.3. The summed E-state index contributed by atoms with van der Waals surface area (Å²) in [6.07, 6.45) is -4.94. The normalized spacial score (nSPS) is 15.7. The van der Waals surface area contributed by atoms with Gasteiger partial charge in [-0.05, 0) is 5.56 Å². The molecule has 1 atom stereocenters. The van der Waals surface area contributed by atoms with Crippen molar-refractivity contribution in [3.05, 3.63) is 83.6 Å². The van der Waals surface area contributed by atoms with Gasteiger partial charge in [0.15, 0.2) is 0 Å². The van der Waals surface area contributed by atoms with E-state index in [-0.39, 0.29) is 25.2 Å². The van der Waals surface area contributed by atoms with E-state index >= 15 is 0 Å². The van der Waals surface area contributed by atoms with Crippen LogP contribution in [0, 0.1) is 0 Å². The maximum atomic E-state index is 14.2. The maximum absolute atomic E-state index is 14.2. The molecule has 1 amide bonds. The van der Waals surface area contributed by atoms with E-state index in [1.807, 2.05) is 30.3 Å². The van der Waals surface area contributed by atoms with Crippen molar-refractivity contribution in [2.24, 2.45) is 0 Å². The fourth-order valence-corrected chi connectivity index (χ4v) is 3.84. The molecule has 0 N–H and O–H groups in total. The zero-order valence-electron chi connectivity index (χ0n) is 17.4. The van der Waals surface area contributed by atoms with Crippen LogP contribution in [0.3, 0.4) is 0 Å². The van der Waals surface area contributed by atoms with Crippen LogP contribution in [0.2, 0.25) is 0 Å². The average Bonchev–Trinajstić information content (AvgIpc) is 3.21. The van der Waals surface area contributed by atoms with Crippen LogP contribution < -0.4 is 4.74 Å². The molecule has 168 valence electrons. The summed E-state index contributed by atoms with van der Waals surface area (Å²) in [7, 11) is 0.905. The Labute approximate surface area is 183 Å². The van der Waals surface area contributed by atoms with Crippen molar-refractivity contribution in [3.8, 4) is 5.88 Å². The summed E-state index contributed by atoms with van der Waals surface area (Å²) in [6.45, 7) is 0.602. The molecule has 0 bridgehead atoms. The Bertz CT molecular complexity index is 1070. The standard InChI is InChI=1S/C23H22F3N3O3/c1-31-22(23(24,25)26,18-10-6-3-7-11-18)21(30)28-12-13-29-19(15-28)14-20(27-29)32-16-17-8-4-2-5-9-17/h2-11,14H,12-13,15-16H2,1H3/t22-/m0/s1. The summed E-state index contributed by atoms with van der Waals surface area (Å²) in [4.78, 5) is 14.4. The van der Waals surface area contributed by atoms with Gasteiger partial charge in [-0.2, -0.15) is 13.2 Å². The predicted molar refractivity (Wildman–Crippen MR) is 110 cm³/mol. The van der Waals surface area contributed by atoms with Gasteiger partial charge in [-0.25, -0.2) is 0 Å². The molecule has 6 nitrogen and oxygen atoms in total. The monoisotopic (exact) mass is 445 g/mol. The third-order valence-electron chi connectivity index (χ3n) is 5.48. The second kappa shape index (κ2) is 8.66. The molecule has 0 fully saturated rings. The van der Waals surface area contributed by atoms with Gasteiger partial charge in [0.1, 0.15) is 6.61 Å². The van der Waals surface area contributed by atoms with Crippen molar-refractivity contribution < 1.29 is 27.4 Å². The molecule has 2 heterocycles. The number of aromatic nitrogens is 2. The smallest absolute Gasteiger partial charge is 0.430 e. The number of nitrogens with zero attached hydrogens (tertiary/aromatic N) is 3. The Morgan fingerprint density at radius 3 is 2.31 bits per heavy atom. The van der Waals surface area contributed by atoms with Gasteiger partial charge in [-0.15, -0.1) is 5.10 Å². The minimum Gasteiger partial charge on any atom is -0.472 e. The van der Waals surface area contributed by atoms with Crippen LogP contribution in [0.15, 0.2) is 66.7 Å². The fraction of sp³-hybridized carbons (Fsp3) is 0.304. The van der Waals surface area contributed by atoms with Gasteiger partial charge in [0.2, 0.25) is 5.88 Å². The number of fused-ring (bicyclic) bond motifs is 1. The lowest BCUT2D eigenvalue weighted by Gasteiger charge is -2.39. The second-order valence-corrected chi connectivity index (χ2v) is 7.45. The quantitative estimate of drug-likeness (QED) is 0.578. The van der Waals surface area contributed by atoms with Crippen LogP contribution in [0.4, 0.5) is 13.2 Å². The molecule has 3 aromatic rings. The van der Waals surface area contributed by atoms with E-state index in [9.17, 15) is 18.0 Å². The Hall–Kier alpha value is -3.33. The Kier molecular flexibility index (Phi) is 5.92. The summed E-state index contributed by atoms with van der Waals surface area (Å²) in [5.74, 6) is -0.798. The first-order valence-electron chi connectivity index (χ1n) is 10.1. The van der Waals surface area contributed by atoms with Gasteiger partial charge in [-0.1, -0.05) is 60.7 Å². The van der Waals surface area contributed by atoms with Gasteiger partial charge < -0.3 is 14.4 Å². The van der Waals surface area contributed by atoms with Crippen LogP contribution in [-0.2, 0) is 34.8 Å². The zero-order chi connectivity index (χ0) is 22.8. The molecule has 32 heavy (non-hydrogen) atoms. The maximum Gasteiger partial charge on any atom is 0.430 e. The first-order valence-corrected chi connectivity index (χ1v) is 10.1. The molecule has 2 aromatic carbocycles. The van der Waals surface area contributed by atoms with Gasteiger partial charge in [-0.3, -0.25) is 9.48 Å². The van der Waals surface area contributed by atoms with Crippen molar-refractivity contribution >= 4 is 5.91 Å². The van der Waals surface area contributed by atoms with E-state index in [4.69, 9.17) is 9.47 Å². The molecular weight excluding hydrogens is 423 g/mol. The fourth-order valence-electron chi connectivity index (χ4n) is 3.84. The summed E-state index contributed by atoms with van der Waals surface area (Å²) in [6, 6.07) is 18.2. The van der Waals surface area contributed by atoms with Crippen LogP contribution in [0.5, 0.6) is 5.88 Å². The summed E-state index contributed by atoms with van der Waals surface area (Å²) in [5, 5.41) is 4.35.